The summed E-state index contributed by atoms with van der Waals surface area (Å²) in [5.74, 6) is 0. The van der Waals surface area contributed by atoms with E-state index in [0.717, 1.165) is 0 Å². The molecule has 1 rings (SSSR count). The maximum atomic E-state index is 12.6. The topological polar surface area (TPSA) is 0 Å². The van der Waals surface area contributed by atoms with Crippen LogP contribution >= 0.6 is 12.2 Å². The van der Waals surface area contributed by atoms with E-state index >= 15 is 0 Å². The molecule has 0 aliphatic rings. The summed E-state index contributed by atoms with van der Waals surface area (Å²) in [6.07, 6.45) is -1.23. The minimum absolute atomic E-state index is 0.567. The lowest BCUT2D eigenvalue weighted by atomic mass is 10.1. The van der Waals surface area contributed by atoms with Gasteiger partial charge in [-0.1, -0.05) is 42.5 Å². The van der Waals surface area contributed by atoms with Gasteiger partial charge in [0.25, 0.3) is 0 Å². The van der Waals surface area contributed by atoms with Crippen molar-refractivity contribution in [2.75, 3.05) is 0 Å². The molecule has 51 valence electrons. The SMILES string of the molecule is F[C@H]([C]=S)c1ccccc1. The van der Waals surface area contributed by atoms with E-state index in [2.05, 4.69) is 17.6 Å². The molecule has 0 N–H and O–H groups in total. The second kappa shape index (κ2) is 3.42. The van der Waals surface area contributed by atoms with Crippen LogP contribution in [-0.4, -0.2) is 5.37 Å². The Bertz CT molecular complexity index is 208. The van der Waals surface area contributed by atoms with Crippen molar-refractivity contribution in [1.29, 1.82) is 0 Å². The van der Waals surface area contributed by atoms with Gasteiger partial charge in [0.2, 0.25) is 0 Å². The lowest BCUT2D eigenvalue weighted by Gasteiger charge is -1.98. The van der Waals surface area contributed by atoms with Gasteiger partial charge in [-0.15, -0.1) is 0 Å². The van der Waals surface area contributed by atoms with Gasteiger partial charge in [-0.2, -0.15) is 0 Å². The fourth-order valence-electron chi connectivity index (χ4n) is 0.690. The maximum absolute atomic E-state index is 12.6. The Morgan fingerprint density at radius 3 is 2.40 bits per heavy atom. The van der Waals surface area contributed by atoms with Gasteiger partial charge in [-0.25, -0.2) is 4.39 Å². The van der Waals surface area contributed by atoms with Gasteiger partial charge < -0.3 is 0 Å². The molecule has 10 heavy (non-hydrogen) atoms. The van der Waals surface area contributed by atoms with Crippen LogP contribution < -0.4 is 0 Å². The van der Waals surface area contributed by atoms with E-state index in [1.807, 2.05) is 6.07 Å². The van der Waals surface area contributed by atoms with Crippen molar-refractivity contribution in [1.82, 2.24) is 0 Å². The lowest BCUT2D eigenvalue weighted by Crippen LogP contribution is -1.88. The van der Waals surface area contributed by atoms with Gasteiger partial charge in [-0.3, -0.25) is 0 Å². The number of halogens is 1. The van der Waals surface area contributed by atoms with E-state index in [1.165, 1.54) is 0 Å². The van der Waals surface area contributed by atoms with E-state index in [4.69, 9.17) is 0 Å². The third kappa shape index (κ3) is 1.61. The zero-order valence-corrected chi connectivity index (χ0v) is 6.07. The van der Waals surface area contributed by atoms with Gasteiger partial charge in [0, 0.05) is 0 Å². The second-order valence-electron chi connectivity index (χ2n) is 1.89. The van der Waals surface area contributed by atoms with Gasteiger partial charge in [-0.05, 0) is 5.56 Å². The smallest absolute Gasteiger partial charge is 0.161 e. The summed E-state index contributed by atoms with van der Waals surface area (Å²) in [4.78, 5) is 0. The van der Waals surface area contributed by atoms with Gasteiger partial charge >= 0.3 is 0 Å². The fourth-order valence-corrected chi connectivity index (χ4v) is 0.826. The molecule has 0 aromatic heterocycles. The van der Waals surface area contributed by atoms with Crippen molar-refractivity contribution in [2.24, 2.45) is 0 Å². The summed E-state index contributed by atoms with van der Waals surface area (Å²) in [5, 5.41) is 2.10. The zero-order valence-electron chi connectivity index (χ0n) is 5.25. The minimum Gasteiger partial charge on any atom is -0.236 e. The molecule has 2 heteroatoms. The van der Waals surface area contributed by atoms with Crippen molar-refractivity contribution in [3.63, 3.8) is 0 Å². The second-order valence-corrected chi connectivity index (χ2v) is 2.13. The minimum atomic E-state index is -1.23. The summed E-state index contributed by atoms with van der Waals surface area (Å²) < 4.78 is 12.6. The molecule has 0 heterocycles. The summed E-state index contributed by atoms with van der Waals surface area (Å²) >= 11 is 4.33. The van der Waals surface area contributed by atoms with Crippen LogP contribution in [0.1, 0.15) is 11.7 Å². The lowest BCUT2D eigenvalue weighted by molar-refractivity contribution is 0.450. The Hall–Kier alpha value is -0.760. The highest BCUT2D eigenvalue weighted by Crippen LogP contribution is 2.13. The molecule has 0 bridgehead atoms. The summed E-state index contributed by atoms with van der Waals surface area (Å²) in [7, 11) is 0. The third-order valence-corrected chi connectivity index (χ3v) is 1.40. The molecule has 0 saturated heterocycles. The molecule has 0 amide bonds. The Labute approximate surface area is 64.7 Å². The Morgan fingerprint density at radius 2 is 1.90 bits per heavy atom. The van der Waals surface area contributed by atoms with E-state index in [1.54, 1.807) is 24.3 Å². The number of alkyl halides is 1. The van der Waals surface area contributed by atoms with Crippen LogP contribution in [0.2, 0.25) is 0 Å². The first-order chi connectivity index (χ1) is 4.84. The molecule has 1 aromatic carbocycles. The van der Waals surface area contributed by atoms with Crippen molar-refractivity contribution in [3.8, 4) is 0 Å². The molecule has 0 unspecified atom stereocenters. The molecule has 0 aliphatic carbocycles. The summed E-state index contributed by atoms with van der Waals surface area (Å²) in [6.45, 7) is 0. The first-order valence-electron chi connectivity index (χ1n) is 2.91. The number of thiocarbonyl (C=S) groups is 1. The third-order valence-electron chi connectivity index (χ3n) is 1.20. The van der Waals surface area contributed by atoms with E-state index in [-0.39, 0.29) is 0 Å². The van der Waals surface area contributed by atoms with Crippen LogP contribution in [0.15, 0.2) is 30.3 Å². The van der Waals surface area contributed by atoms with Crippen LogP contribution in [0.25, 0.3) is 0 Å². The summed E-state index contributed by atoms with van der Waals surface area (Å²) in [6, 6.07) is 8.75. The van der Waals surface area contributed by atoms with Gasteiger partial charge in [0.15, 0.2) is 6.17 Å². The zero-order chi connectivity index (χ0) is 7.40. The molecular formula is C8H6FS. The van der Waals surface area contributed by atoms with Gasteiger partial charge in [0.05, 0.1) is 5.37 Å². The molecule has 1 aromatic rings. The summed E-state index contributed by atoms with van der Waals surface area (Å²) in [5.41, 5.74) is 0.567. The standard InChI is InChI=1S/C8H6FS/c9-8(6-10)7-4-2-1-3-5-7/h1-5,8H/t8-/m1/s1. The first-order valence-corrected chi connectivity index (χ1v) is 3.32. The van der Waals surface area contributed by atoms with E-state index < -0.39 is 6.17 Å². The van der Waals surface area contributed by atoms with Crippen LogP contribution in [0, 0.1) is 0 Å². The normalized spacial score (nSPS) is 12.5. The van der Waals surface area contributed by atoms with Crippen LogP contribution in [0.5, 0.6) is 0 Å². The largest absolute Gasteiger partial charge is 0.236 e. The number of hydrogen-bond donors (Lipinski definition) is 0. The van der Waals surface area contributed by atoms with E-state index in [9.17, 15) is 4.39 Å². The first kappa shape index (κ1) is 7.35. The highest BCUT2D eigenvalue weighted by molar-refractivity contribution is 7.79. The fraction of sp³-hybridized carbons (Fsp3) is 0.125. The van der Waals surface area contributed by atoms with Crippen LogP contribution in [0.3, 0.4) is 0 Å². The predicted molar refractivity (Wildman–Crippen MR) is 42.9 cm³/mol. The van der Waals surface area contributed by atoms with Crippen molar-refractivity contribution in [2.45, 2.75) is 6.17 Å². The average molecular weight is 153 g/mol. The molecule has 0 nitrogen and oxygen atoms in total. The number of hydrogen-bond acceptors (Lipinski definition) is 1. The highest BCUT2D eigenvalue weighted by Gasteiger charge is 2.02. The average Bonchev–Trinajstić information content (AvgIpc) is 2.05. The predicted octanol–water partition coefficient (Wildman–Crippen LogP) is 2.57. The number of rotatable bonds is 2. The quantitative estimate of drug-likeness (QED) is 0.588. The van der Waals surface area contributed by atoms with Crippen molar-refractivity contribution < 1.29 is 4.39 Å². The van der Waals surface area contributed by atoms with Crippen LogP contribution in [0.4, 0.5) is 4.39 Å². The monoisotopic (exact) mass is 153 g/mol. The molecular weight excluding hydrogens is 147 g/mol. The molecule has 0 aliphatic heterocycles. The van der Waals surface area contributed by atoms with Gasteiger partial charge in [0.1, 0.15) is 0 Å². The molecule has 0 saturated carbocycles. The maximum Gasteiger partial charge on any atom is 0.161 e. The Balaban J connectivity index is 2.84. The van der Waals surface area contributed by atoms with E-state index in [0.29, 0.717) is 5.56 Å². The Morgan fingerprint density at radius 1 is 1.30 bits per heavy atom. The Kier molecular flexibility index (Phi) is 2.51. The molecule has 0 fully saturated rings. The van der Waals surface area contributed by atoms with Crippen LogP contribution in [-0.2, 0) is 0 Å². The molecule has 1 atom stereocenters. The van der Waals surface area contributed by atoms with Crippen molar-refractivity contribution in [3.05, 3.63) is 35.9 Å². The number of benzene rings is 1. The molecule has 1 radical (unpaired) electrons. The highest BCUT2D eigenvalue weighted by atomic mass is 32.1. The van der Waals surface area contributed by atoms with Crippen molar-refractivity contribution >= 4 is 17.6 Å². The molecule has 0 spiro atoms.